The summed E-state index contributed by atoms with van der Waals surface area (Å²) in [5.74, 6) is 1.18. The zero-order chi connectivity index (χ0) is 24.5. The van der Waals surface area contributed by atoms with Crippen molar-refractivity contribution in [1.29, 1.82) is 15.8 Å². The minimum absolute atomic E-state index is 0.106. The van der Waals surface area contributed by atoms with Gasteiger partial charge in [0.15, 0.2) is 0 Å². The van der Waals surface area contributed by atoms with Gasteiger partial charge in [-0.1, -0.05) is 18.2 Å². The molecule has 10 heteroatoms. The number of methoxy groups -OCH3 is 3. The third kappa shape index (κ3) is 4.90. The maximum atomic E-state index is 9.61. The molecule has 0 saturated heterocycles. The monoisotopic (exact) mass is 455 g/mol. The highest BCUT2D eigenvalue weighted by Gasteiger charge is 2.34. The average molecular weight is 455 g/mol. The SMILES string of the molecule is COc1cccc(OB(Oc2cccc(OC)c2C#N)Oc2cccc(OC)c2C#N)c1C#N. The second-order valence-corrected chi connectivity index (χ2v) is 6.48. The Morgan fingerprint density at radius 1 is 0.500 bits per heavy atom. The molecular weight excluding hydrogens is 437 g/mol. The predicted octanol–water partition coefficient (Wildman–Crippen LogP) is 3.85. The van der Waals surface area contributed by atoms with Crippen LogP contribution in [0.1, 0.15) is 16.7 Å². The summed E-state index contributed by atoms with van der Waals surface area (Å²) in [6, 6.07) is 20.4. The van der Waals surface area contributed by atoms with E-state index in [4.69, 9.17) is 28.2 Å². The molecule has 0 amide bonds. The second kappa shape index (κ2) is 11.0. The molecule has 3 rings (SSSR count). The predicted molar refractivity (Wildman–Crippen MR) is 121 cm³/mol. The Balaban J connectivity index is 2.07. The van der Waals surface area contributed by atoms with E-state index in [-0.39, 0.29) is 51.2 Å². The first-order chi connectivity index (χ1) is 16.6. The molecule has 0 aliphatic rings. The van der Waals surface area contributed by atoms with Gasteiger partial charge in [-0.3, -0.25) is 0 Å². The average Bonchev–Trinajstić information content (AvgIpc) is 2.87. The van der Waals surface area contributed by atoms with Gasteiger partial charge < -0.3 is 28.2 Å². The summed E-state index contributed by atoms with van der Waals surface area (Å²) in [7, 11) is 2.76. The lowest BCUT2D eigenvalue weighted by molar-refractivity contribution is 0.303. The fourth-order valence-electron chi connectivity index (χ4n) is 3.05. The summed E-state index contributed by atoms with van der Waals surface area (Å²) >= 11 is 0. The first kappa shape index (κ1) is 23.7. The fraction of sp³-hybridized carbons (Fsp3) is 0.125. The molecular formula is C24H18BN3O6. The Kier molecular flexibility index (Phi) is 7.68. The summed E-state index contributed by atoms with van der Waals surface area (Å²) in [4.78, 5) is 0. The Labute approximate surface area is 197 Å². The lowest BCUT2D eigenvalue weighted by atomic mass is 10.1. The van der Waals surface area contributed by atoms with Crippen LogP contribution >= 0.6 is 0 Å². The van der Waals surface area contributed by atoms with Crippen LogP contribution in [0, 0.1) is 34.0 Å². The van der Waals surface area contributed by atoms with Gasteiger partial charge in [-0.05, 0) is 36.4 Å². The minimum atomic E-state index is -1.52. The zero-order valence-electron chi connectivity index (χ0n) is 18.6. The van der Waals surface area contributed by atoms with Crippen LogP contribution in [-0.2, 0) is 0 Å². The second-order valence-electron chi connectivity index (χ2n) is 6.48. The van der Waals surface area contributed by atoms with Crippen molar-refractivity contribution in [2.75, 3.05) is 21.3 Å². The molecule has 0 radical (unpaired) electrons. The third-order valence-electron chi connectivity index (χ3n) is 4.63. The van der Waals surface area contributed by atoms with Crippen LogP contribution in [0.25, 0.3) is 0 Å². The van der Waals surface area contributed by atoms with Gasteiger partial charge in [-0.2, -0.15) is 15.8 Å². The molecule has 0 atom stereocenters. The van der Waals surface area contributed by atoms with Crippen LogP contribution in [0.4, 0.5) is 0 Å². The molecule has 3 aromatic carbocycles. The number of rotatable bonds is 9. The highest BCUT2D eigenvalue weighted by atomic mass is 16.7. The van der Waals surface area contributed by atoms with E-state index in [9.17, 15) is 15.8 Å². The van der Waals surface area contributed by atoms with Crippen LogP contribution in [-0.4, -0.2) is 28.7 Å². The van der Waals surface area contributed by atoms with Crippen LogP contribution in [0.5, 0.6) is 34.5 Å². The largest absolute Gasteiger partial charge is 0.864 e. The molecule has 3 aromatic rings. The molecule has 9 nitrogen and oxygen atoms in total. The highest BCUT2D eigenvalue weighted by Crippen LogP contribution is 2.33. The van der Waals surface area contributed by atoms with Crippen molar-refractivity contribution < 1.29 is 28.2 Å². The summed E-state index contributed by atoms with van der Waals surface area (Å²) < 4.78 is 33.3. The van der Waals surface area contributed by atoms with Crippen LogP contribution in [0.3, 0.4) is 0 Å². The Morgan fingerprint density at radius 3 is 1.00 bits per heavy atom. The maximum absolute atomic E-state index is 9.61. The molecule has 0 heterocycles. The summed E-state index contributed by atoms with van der Waals surface area (Å²) in [6.45, 7) is 0. The van der Waals surface area contributed by atoms with Gasteiger partial charge in [0, 0.05) is 0 Å². The van der Waals surface area contributed by atoms with E-state index in [0.29, 0.717) is 0 Å². The number of benzene rings is 3. The number of nitrogens with zero attached hydrogens (tertiary/aromatic N) is 3. The first-order valence-electron chi connectivity index (χ1n) is 9.81. The van der Waals surface area contributed by atoms with Gasteiger partial charge in [0.25, 0.3) is 0 Å². The van der Waals surface area contributed by atoms with E-state index < -0.39 is 7.32 Å². The van der Waals surface area contributed by atoms with E-state index >= 15 is 0 Å². The molecule has 0 fully saturated rings. The Bertz CT molecular complexity index is 1150. The van der Waals surface area contributed by atoms with Gasteiger partial charge in [-0.15, -0.1) is 0 Å². The van der Waals surface area contributed by atoms with E-state index in [0.717, 1.165) is 0 Å². The molecule has 0 unspecified atom stereocenters. The van der Waals surface area contributed by atoms with Crippen molar-refractivity contribution in [3.8, 4) is 52.7 Å². The van der Waals surface area contributed by atoms with Gasteiger partial charge in [0.05, 0.1) is 21.3 Å². The minimum Gasteiger partial charge on any atom is -0.495 e. The van der Waals surface area contributed by atoms with Crippen LogP contribution < -0.4 is 28.2 Å². The van der Waals surface area contributed by atoms with Crippen LogP contribution in [0.15, 0.2) is 54.6 Å². The molecule has 0 aliphatic carbocycles. The van der Waals surface area contributed by atoms with Crippen molar-refractivity contribution in [1.82, 2.24) is 0 Å². The molecule has 0 spiro atoms. The maximum Gasteiger partial charge on any atom is 0.864 e. The highest BCUT2D eigenvalue weighted by molar-refractivity contribution is 6.39. The van der Waals surface area contributed by atoms with Gasteiger partial charge in [-0.25, -0.2) is 0 Å². The van der Waals surface area contributed by atoms with E-state index in [1.807, 2.05) is 18.2 Å². The molecule has 0 N–H and O–H groups in total. The van der Waals surface area contributed by atoms with Gasteiger partial charge in [0.1, 0.15) is 69.4 Å². The standard InChI is InChI=1S/C24H18BN3O6/c1-29-19-7-4-10-22(16(19)13-26)32-25(33-23-11-5-8-20(30-2)17(23)14-27)34-24-12-6-9-21(31-3)18(24)15-28/h4-12H,1-3H3. The number of hydrogen-bond donors (Lipinski definition) is 0. The number of ether oxygens (including phenoxy) is 3. The van der Waals surface area contributed by atoms with Crippen molar-refractivity contribution in [3.05, 3.63) is 71.3 Å². The Morgan fingerprint density at radius 2 is 0.765 bits per heavy atom. The number of nitriles is 3. The van der Waals surface area contributed by atoms with Gasteiger partial charge >= 0.3 is 7.32 Å². The van der Waals surface area contributed by atoms with Crippen molar-refractivity contribution in [3.63, 3.8) is 0 Å². The van der Waals surface area contributed by atoms with Crippen molar-refractivity contribution >= 4 is 7.32 Å². The van der Waals surface area contributed by atoms with E-state index in [1.165, 1.54) is 39.5 Å². The zero-order valence-corrected chi connectivity index (χ0v) is 18.6. The summed E-state index contributed by atoms with van der Waals surface area (Å²) in [5, 5.41) is 28.8. The van der Waals surface area contributed by atoms with Crippen molar-refractivity contribution in [2.45, 2.75) is 0 Å². The first-order valence-corrected chi connectivity index (χ1v) is 9.81. The lowest BCUT2D eigenvalue weighted by Crippen LogP contribution is -2.37. The normalized spacial score (nSPS) is 9.53. The third-order valence-corrected chi connectivity index (χ3v) is 4.63. The molecule has 0 saturated carbocycles. The summed E-state index contributed by atoms with van der Waals surface area (Å²) in [5.41, 5.74) is 0.332. The van der Waals surface area contributed by atoms with Gasteiger partial charge in [0.2, 0.25) is 0 Å². The van der Waals surface area contributed by atoms with E-state index in [2.05, 4.69) is 0 Å². The quantitative estimate of drug-likeness (QED) is 0.442. The molecule has 0 bridgehead atoms. The topological polar surface area (TPSA) is 127 Å². The van der Waals surface area contributed by atoms with E-state index in [1.54, 1.807) is 36.4 Å². The number of hydrogen-bond acceptors (Lipinski definition) is 9. The fourth-order valence-corrected chi connectivity index (χ4v) is 3.05. The molecule has 34 heavy (non-hydrogen) atoms. The summed E-state index contributed by atoms with van der Waals surface area (Å²) in [6.07, 6.45) is 0. The van der Waals surface area contributed by atoms with Crippen LogP contribution in [0.2, 0.25) is 0 Å². The molecule has 0 aliphatic heterocycles. The molecule has 168 valence electrons. The smallest absolute Gasteiger partial charge is 0.495 e. The van der Waals surface area contributed by atoms with Crippen molar-refractivity contribution in [2.24, 2.45) is 0 Å². The Hall–Kier alpha value is -5.01. The lowest BCUT2D eigenvalue weighted by Gasteiger charge is -2.19. The molecule has 0 aromatic heterocycles.